The Morgan fingerprint density at radius 2 is 2.19 bits per heavy atom. The van der Waals surface area contributed by atoms with E-state index in [9.17, 15) is 8.42 Å². The van der Waals surface area contributed by atoms with Gasteiger partial charge in [-0.2, -0.15) is 5.10 Å². The maximum absolute atomic E-state index is 12.7. The summed E-state index contributed by atoms with van der Waals surface area (Å²) < 4.78 is 31.9. The molecule has 4 aromatic rings. The number of fused-ring (bicyclic) bond motifs is 3. The second-order valence-corrected chi connectivity index (χ2v) is 10.2. The summed E-state index contributed by atoms with van der Waals surface area (Å²) in [4.78, 5) is 7.49. The van der Waals surface area contributed by atoms with E-state index in [0.717, 1.165) is 29.8 Å². The van der Waals surface area contributed by atoms with Crippen LogP contribution in [-0.2, 0) is 16.6 Å². The Balaban J connectivity index is 1.33. The molecule has 1 fully saturated rings. The van der Waals surface area contributed by atoms with Gasteiger partial charge in [0.05, 0.1) is 30.2 Å². The monoisotopic (exact) mass is 455 g/mol. The average molecular weight is 456 g/mol. The summed E-state index contributed by atoms with van der Waals surface area (Å²) in [5.41, 5.74) is 3.03. The number of aromatic nitrogens is 7. The van der Waals surface area contributed by atoms with Crippen LogP contribution in [0.15, 0.2) is 30.9 Å². The van der Waals surface area contributed by atoms with Crippen molar-refractivity contribution in [3.63, 3.8) is 0 Å². The lowest BCUT2D eigenvalue weighted by molar-refractivity contribution is 0.449. The first-order valence-corrected chi connectivity index (χ1v) is 12.3. The summed E-state index contributed by atoms with van der Waals surface area (Å²) in [7, 11) is -3.48. The van der Waals surface area contributed by atoms with Crippen LogP contribution in [0.1, 0.15) is 43.5 Å². The van der Waals surface area contributed by atoms with E-state index < -0.39 is 10.0 Å². The molecule has 3 N–H and O–H groups in total. The van der Waals surface area contributed by atoms with E-state index in [4.69, 9.17) is 5.41 Å². The van der Waals surface area contributed by atoms with Gasteiger partial charge in [0.25, 0.3) is 0 Å². The van der Waals surface area contributed by atoms with E-state index in [1.807, 2.05) is 16.7 Å². The number of sulfonamides is 1. The molecule has 0 bridgehead atoms. The van der Waals surface area contributed by atoms with Crippen molar-refractivity contribution < 1.29 is 8.42 Å². The summed E-state index contributed by atoms with van der Waals surface area (Å²) in [6, 6.07) is 1.80. The van der Waals surface area contributed by atoms with Crippen LogP contribution in [0.2, 0.25) is 0 Å². The van der Waals surface area contributed by atoms with Gasteiger partial charge < -0.3 is 10.4 Å². The van der Waals surface area contributed by atoms with Crippen molar-refractivity contribution in [1.82, 2.24) is 39.1 Å². The predicted octanol–water partition coefficient (Wildman–Crippen LogP) is 1.69. The normalized spacial score (nSPS) is 21.6. The van der Waals surface area contributed by atoms with Gasteiger partial charge in [0.1, 0.15) is 5.82 Å². The van der Waals surface area contributed by atoms with Crippen LogP contribution in [0.25, 0.3) is 16.8 Å². The van der Waals surface area contributed by atoms with Gasteiger partial charge in [-0.15, -0.1) is 10.2 Å². The van der Waals surface area contributed by atoms with Crippen molar-refractivity contribution in [2.24, 2.45) is 5.92 Å². The highest BCUT2D eigenvalue weighted by atomic mass is 32.2. The van der Waals surface area contributed by atoms with Gasteiger partial charge >= 0.3 is 0 Å². The van der Waals surface area contributed by atoms with Crippen molar-refractivity contribution in [2.75, 3.05) is 5.75 Å². The number of rotatable bonds is 8. The molecule has 0 saturated heterocycles. The fourth-order valence-corrected chi connectivity index (χ4v) is 5.98. The Hall–Kier alpha value is -3.12. The number of hydrogen-bond donors (Lipinski definition) is 3. The van der Waals surface area contributed by atoms with Gasteiger partial charge in [-0.25, -0.2) is 18.1 Å². The van der Waals surface area contributed by atoms with Crippen LogP contribution < -0.4 is 4.72 Å². The number of nitrogens with one attached hydrogen (secondary N) is 3. The van der Waals surface area contributed by atoms with Gasteiger partial charge in [0.15, 0.2) is 11.3 Å². The number of H-pyrrole nitrogens is 1. The molecule has 0 aromatic carbocycles. The molecule has 1 aliphatic rings. The van der Waals surface area contributed by atoms with E-state index in [1.165, 1.54) is 6.21 Å². The molecule has 1 saturated carbocycles. The molecule has 11 nitrogen and oxygen atoms in total. The summed E-state index contributed by atoms with van der Waals surface area (Å²) >= 11 is 0. The fourth-order valence-electron chi connectivity index (χ4n) is 4.73. The maximum Gasteiger partial charge on any atom is 0.213 e. The zero-order valence-corrected chi connectivity index (χ0v) is 18.5. The van der Waals surface area contributed by atoms with Gasteiger partial charge in [0.2, 0.25) is 10.0 Å². The topological polar surface area (TPSA) is 147 Å². The zero-order chi connectivity index (χ0) is 22.3. The van der Waals surface area contributed by atoms with Crippen LogP contribution in [0.4, 0.5) is 0 Å². The van der Waals surface area contributed by atoms with E-state index in [1.54, 1.807) is 23.3 Å². The van der Waals surface area contributed by atoms with Crippen LogP contribution >= 0.6 is 0 Å². The molecule has 1 aliphatic carbocycles. The summed E-state index contributed by atoms with van der Waals surface area (Å²) in [6.45, 7) is 2.37. The van der Waals surface area contributed by atoms with Crippen molar-refractivity contribution in [3.8, 4) is 0 Å². The van der Waals surface area contributed by atoms with Gasteiger partial charge in [0, 0.05) is 36.1 Å². The Labute approximate surface area is 184 Å². The van der Waals surface area contributed by atoms with Gasteiger partial charge in [-0.05, 0) is 24.8 Å². The lowest BCUT2D eigenvalue weighted by Crippen LogP contribution is -2.36. The maximum atomic E-state index is 12.7. The molecular formula is C20H25N9O2S. The molecule has 0 amide bonds. The molecular weight excluding hydrogens is 430 g/mol. The second kappa shape index (κ2) is 8.10. The van der Waals surface area contributed by atoms with Crippen molar-refractivity contribution in [3.05, 3.63) is 42.2 Å². The number of nitrogens with zero attached hydrogens (tertiary/aromatic N) is 6. The molecule has 0 unspecified atom stereocenters. The van der Waals surface area contributed by atoms with Crippen LogP contribution in [0, 0.1) is 11.3 Å². The minimum atomic E-state index is -3.48. The third-order valence-corrected chi connectivity index (χ3v) is 7.69. The molecule has 0 aliphatic heterocycles. The first-order valence-electron chi connectivity index (χ1n) is 10.7. The second-order valence-electron chi connectivity index (χ2n) is 8.28. The number of aryl methyl sites for hydroxylation is 1. The van der Waals surface area contributed by atoms with E-state index in [2.05, 4.69) is 36.9 Å². The first-order chi connectivity index (χ1) is 15.5. The highest BCUT2D eigenvalue weighted by molar-refractivity contribution is 7.89. The van der Waals surface area contributed by atoms with Crippen molar-refractivity contribution in [1.29, 1.82) is 5.41 Å². The minimum Gasteiger partial charge on any atom is -0.345 e. The van der Waals surface area contributed by atoms with Crippen molar-refractivity contribution >= 4 is 33.0 Å². The Bertz CT molecular complexity index is 1370. The molecule has 0 radical (unpaired) electrons. The van der Waals surface area contributed by atoms with Crippen LogP contribution in [0.3, 0.4) is 0 Å². The summed E-state index contributed by atoms with van der Waals surface area (Å²) in [5.74, 6) is 1.20. The minimum absolute atomic E-state index is 0.0619. The smallest absolute Gasteiger partial charge is 0.213 e. The molecule has 4 heterocycles. The molecule has 4 aromatic heterocycles. The zero-order valence-electron chi connectivity index (χ0n) is 17.6. The lowest BCUT2D eigenvalue weighted by Gasteiger charge is -2.16. The molecule has 32 heavy (non-hydrogen) atoms. The molecule has 5 rings (SSSR count). The van der Waals surface area contributed by atoms with Crippen LogP contribution in [0.5, 0.6) is 0 Å². The predicted molar refractivity (Wildman–Crippen MR) is 119 cm³/mol. The molecule has 12 heteroatoms. The molecule has 0 spiro atoms. The molecule has 3 atom stereocenters. The van der Waals surface area contributed by atoms with Gasteiger partial charge in [-0.3, -0.25) is 9.08 Å². The standard InChI is InChI=1S/C20H25N9O2S/c1-2-14-7-15(27-32(30,31)6-5-28-12-13(9-21)10-24-28)8-16(14)20-26-25-18-11-23-19-17(29(18)20)3-4-22-19/h3-4,9-12,14-16,21-22,27H,2,5-8H2,1H3/t14-,15+,16+/m1/s1. The fraction of sp³-hybridized carbons (Fsp3) is 0.450. The van der Waals surface area contributed by atoms with Crippen LogP contribution in [-0.4, -0.2) is 60.8 Å². The molecule has 168 valence electrons. The van der Waals surface area contributed by atoms with Crippen molar-refractivity contribution in [2.45, 2.75) is 44.7 Å². The third-order valence-electron chi connectivity index (χ3n) is 6.27. The average Bonchev–Trinajstić information content (AvgIpc) is 3.56. The first kappa shape index (κ1) is 20.8. The Morgan fingerprint density at radius 1 is 1.31 bits per heavy atom. The summed E-state index contributed by atoms with van der Waals surface area (Å²) in [6.07, 6.45) is 10.3. The number of aromatic amines is 1. The van der Waals surface area contributed by atoms with E-state index in [-0.39, 0.29) is 24.3 Å². The highest BCUT2D eigenvalue weighted by Gasteiger charge is 2.38. The Morgan fingerprint density at radius 3 is 2.97 bits per heavy atom. The number of hydrogen-bond acceptors (Lipinski definition) is 7. The lowest BCUT2D eigenvalue weighted by atomic mass is 9.93. The highest BCUT2D eigenvalue weighted by Crippen LogP contribution is 2.41. The quantitative estimate of drug-likeness (QED) is 0.345. The Kier molecular flexibility index (Phi) is 5.25. The van der Waals surface area contributed by atoms with Gasteiger partial charge in [-0.1, -0.05) is 13.3 Å². The van der Waals surface area contributed by atoms with E-state index in [0.29, 0.717) is 23.5 Å². The SMILES string of the molecule is CC[C@@H]1C[C@H](NS(=O)(=O)CCn2cc(C=N)cn2)C[C@@H]1c1nnc2cnc3[nH]ccc3n12. The third kappa shape index (κ3) is 3.79. The van der Waals surface area contributed by atoms with E-state index >= 15 is 0 Å². The largest absolute Gasteiger partial charge is 0.345 e. The summed E-state index contributed by atoms with van der Waals surface area (Å²) in [5, 5.41) is 20.1.